The van der Waals surface area contributed by atoms with Crippen molar-refractivity contribution in [3.63, 3.8) is 0 Å². The Hall–Kier alpha value is -2.24. The number of piperidine rings is 2. The fraction of sp³-hybridized carbons (Fsp3) is 0.812. The number of nitrogens with one attached hydrogen (secondary N) is 2. The molecule has 0 aromatic carbocycles. The Kier molecular flexibility index (Phi) is 13.3. The van der Waals surface area contributed by atoms with Crippen LogP contribution in [0.1, 0.15) is 110 Å². The number of rotatable bonds is 15. The minimum atomic E-state index is -0.644. The zero-order valence-corrected chi connectivity index (χ0v) is 28.4. The molecular weight excluding hydrogens is 566 g/mol. The summed E-state index contributed by atoms with van der Waals surface area (Å²) < 4.78 is 11.4. The second-order valence-corrected chi connectivity index (χ2v) is 13.5. The van der Waals surface area contributed by atoms with Gasteiger partial charge in [0.05, 0.1) is 12.3 Å². The van der Waals surface area contributed by atoms with E-state index in [4.69, 9.17) is 14.5 Å². The average molecular weight is 622 g/mol. The first-order valence-electron chi connectivity index (χ1n) is 16.3. The van der Waals surface area contributed by atoms with Gasteiger partial charge >= 0.3 is 6.09 Å². The van der Waals surface area contributed by atoms with Crippen LogP contribution >= 0.6 is 11.3 Å². The number of hydrogen-bond donors (Lipinski definition) is 2. The molecule has 2 aliphatic heterocycles. The molecule has 0 aliphatic carbocycles. The standard InChI is InChI=1S/C32H55N5O5S/c1-9-22(6)27(35-30(39)32-16-12-14-24(37(32)8)15-13-17-32)29(38)36(7)25(21(4)5)18-26(42-31(40)33-10-2)28-34-23(20-43-28)19-41-11-3/h20-22,24-27H,9-19H2,1-8H3,(H,33,40)(H,35,39). The molecule has 1 aromatic heterocycles. The maximum absolute atomic E-state index is 14.3. The first-order chi connectivity index (χ1) is 20.5. The SMILES string of the molecule is CCNC(=O)OC(CC(C(C)C)N(C)C(=O)C(NC(=O)C12CCCC(CCC1)N2C)C(C)CC)c1nc(COCC)cs1. The second kappa shape index (κ2) is 16.2. The summed E-state index contributed by atoms with van der Waals surface area (Å²) in [6.45, 7) is 13.4. The Labute approximate surface area is 262 Å². The number of nitrogens with zero attached hydrogens (tertiary/aromatic N) is 3. The van der Waals surface area contributed by atoms with Crippen LogP contribution in [0.3, 0.4) is 0 Å². The fourth-order valence-electron chi connectivity index (χ4n) is 6.70. The molecule has 2 N–H and O–H groups in total. The summed E-state index contributed by atoms with van der Waals surface area (Å²) in [6, 6.07) is -0.473. The molecule has 0 saturated carbocycles. The van der Waals surface area contributed by atoms with Crippen LogP contribution in [0.5, 0.6) is 0 Å². The lowest BCUT2D eigenvalue weighted by molar-refractivity contribution is -0.148. The highest BCUT2D eigenvalue weighted by Crippen LogP contribution is 2.41. The number of fused-ring (bicyclic) bond motifs is 2. The van der Waals surface area contributed by atoms with Crippen LogP contribution in [0.2, 0.25) is 0 Å². The smallest absolute Gasteiger partial charge is 0.407 e. The van der Waals surface area contributed by atoms with Crippen molar-refractivity contribution in [2.45, 2.75) is 129 Å². The van der Waals surface area contributed by atoms with E-state index in [1.165, 1.54) is 11.3 Å². The Morgan fingerprint density at radius 1 is 1.16 bits per heavy atom. The molecule has 2 fully saturated rings. The zero-order chi connectivity index (χ0) is 31.7. The molecule has 0 spiro atoms. The van der Waals surface area contributed by atoms with E-state index < -0.39 is 23.8 Å². The summed E-state index contributed by atoms with van der Waals surface area (Å²) >= 11 is 1.43. The third kappa shape index (κ3) is 8.48. The lowest BCUT2D eigenvalue weighted by atomic mass is 9.73. The third-order valence-corrected chi connectivity index (χ3v) is 10.6. The summed E-state index contributed by atoms with van der Waals surface area (Å²) in [5, 5.41) is 8.56. The van der Waals surface area contributed by atoms with Gasteiger partial charge in [0.1, 0.15) is 16.6 Å². The summed E-state index contributed by atoms with van der Waals surface area (Å²) in [4.78, 5) is 49.6. The molecule has 1 aromatic rings. The monoisotopic (exact) mass is 621 g/mol. The zero-order valence-electron chi connectivity index (χ0n) is 27.6. The van der Waals surface area contributed by atoms with E-state index in [1.807, 2.05) is 33.2 Å². The second-order valence-electron chi connectivity index (χ2n) is 12.7. The topological polar surface area (TPSA) is 113 Å². The molecular formula is C32H55N5O5S. The maximum atomic E-state index is 14.3. The van der Waals surface area contributed by atoms with E-state index in [0.717, 1.165) is 50.6 Å². The average Bonchev–Trinajstić information content (AvgIpc) is 3.44. The van der Waals surface area contributed by atoms with Crippen molar-refractivity contribution >= 4 is 29.2 Å². The van der Waals surface area contributed by atoms with Gasteiger partial charge in [0.25, 0.3) is 0 Å². The van der Waals surface area contributed by atoms with E-state index in [1.54, 1.807) is 4.90 Å². The highest BCUT2D eigenvalue weighted by Gasteiger charge is 2.50. The van der Waals surface area contributed by atoms with Crippen LogP contribution in [0.15, 0.2) is 5.38 Å². The first kappa shape index (κ1) is 35.2. The van der Waals surface area contributed by atoms with Gasteiger partial charge in [0, 0.05) is 44.1 Å². The molecule has 3 heterocycles. The number of likely N-dealkylation sites (N-methyl/N-ethyl adjacent to an activating group) is 2. The number of thiazole rings is 1. The van der Waals surface area contributed by atoms with Crippen LogP contribution in [-0.4, -0.2) is 83.6 Å². The number of carbonyl (C=O) groups excluding carboxylic acids is 3. The van der Waals surface area contributed by atoms with Crippen molar-refractivity contribution in [2.24, 2.45) is 11.8 Å². The van der Waals surface area contributed by atoms with E-state index in [0.29, 0.717) is 37.2 Å². The molecule has 0 radical (unpaired) electrons. The third-order valence-electron chi connectivity index (χ3n) is 9.61. The molecule has 2 saturated heterocycles. The van der Waals surface area contributed by atoms with E-state index in [9.17, 15) is 14.4 Å². The molecule has 2 bridgehead atoms. The number of amides is 3. The number of aromatic nitrogens is 1. The van der Waals surface area contributed by atoms with Crippen molar-refractivity contribution in [3.05, 3.63) is 16.1 Å². The summed E-state index contributed by atoms with van der Waals surface area (Å²) in [5.41, 5.74) is 0.243. The van der Waals surface area contributed by atoms with Gasteiger partial charge < -0.3 is 25.0 Å². The maximum Gasteiger partial charge on any atom is 0.407 e. The van der Waals surface area contributed by atoms with Gasteiger partial charge in [-0.2, -0.15) is 0 Å². The predicted molar refractivity (Wildman–Crippen MR) is 170 cm³/mol. The number of carbonyl (C=O) groups is 3. The van der Waals surface area contributed by atoms with Gasteiger partial charge in [-0.15, -0.1) is 11.3 Å². The fourth-order valence-corrected chi connectivity index (χ4v) is 7.55. The Bertz CT molecular complexity index is 1050. The normalized spacial score (nSPS) is 23.2. The summed E-state index contributed by atoms with van der Waals surface area (Å²) in [7, 11) is 3.89. The quantitative estimate of drug-likeness (QED) is 0.274. The minimum Gasteiger partial charge on any atom is -0.439 e. The summed E-state index contributed by atoms with van der Waals surface area (Å²) in [6.07, 6.45) is 5.97. The molecule has 4 unspecified atom stereocenters. The van der Waals surface area contributed by atoms with Crippen molar-refractivity contribution in [2.75, 3.05) is 27.2 Å². The van der Waals surface area contributed by atoms with Gasteiger partial charge in [-0.3, -0.25) is 14.5 Å². The minimum absolute atomic E-state index is 0.0189. The van der Waals surface area contributed by atoms with E-state index in [-0.39, 0.29) is 29.7 Å². The number of ether oxygens (including phenoxy) is 2. The molecule has 43 heavy (non-hydrogen) atoms. The van der Waals surface area contributed by atoms with Crippen LogP contribution in [0.25, 0.3) is 0 Å². The van der Waals surface area contributed by atoms with Crippen molar-refractivity contribution in [1.82, 2.24) is 25.4 Å². The van der Waals surface area contributed by atoms with Crippen molar-refractivity contribution < 1.29 is 23.9 Å². The first-order valence-corrected chi connectivity index (χ1v) is 17.1. The van der Waals surface area contributed by atoms with Crippen LogP contribution in [0, 0.1) is 11.8 Å². The largest absolute Gasteiger partial charge is 0.439 e. The predicted octanol–water partition coefficient (Wildman–Crippen LogP) is 5.28. The highest BCUT2D eigenvalue weighted by molar-refractivity contribution is 7.09. The van der Waals surface area contributed by atoms with Crippen molar-refractivity contribution in [1.29, 1.82) is 0 Å². The van der Waals surface area contributed by atoms with Gasteiger partial charge in [-0.1, -0.05) is 34.1 Å². The summed E-state index contributed by atoms with van der Waals surface area (Å²) in [5.74, 6) is -0.113. The van der Waals surface area contributed by atoms with E-state index in [2.05, 4.69) is 43.4 Å². The van der Waals surface area contributed by atoms with Crippen LogP contribution in [0.4, 0.5) is 4.79 Å². The molecule has 2 aliphatic rings. The van der Waals surface area contributed by atoms with Crippen LogP contribution < -0.4 is 10.6 Å². The van der Waals surface area contributed by atoms with E-state index >= 15 is 0 Å². The Balaban J connectivity index is 1.84. The molecule has 3 rings (SSSR count). The van der Waals surface area contributed by atoms with Gasteiger partial charge in [0.15, 0.2) is 6.10 Å². The highest BCUT2D eigenvalue weighted by atomic mass is 32.1. The molecule has 4 atom stereocenters. The Morgan fingerprint density at radius 2 is 1.84 bits per heavy atom. The molecule has 10 nitrogen and oxygen atoms in total. The lowest BCUT2D eigenvalue weighted by Gasteiger charge is -2.52. The van der Waals surface area contributed by atoms with Gasteiger partial charge in [-0.05, 0) is 71.3 Å². The molecule has 244 valence electrons. The van der Waals surface area contributed by atoms with Crippen molar-refractivity contribution in [3.8, 4) is 0 Å². The number of alkyl carbamates (subject to hydrolysis) is 1. The number of hydrogen-bond acceptors (Lipinski definition) is 8. The van der Waals surface area contributed by atoms with Crippen LogP contribution in [-0.2, 0) is 25.7 Å². The molecule has 3 amide bonds. The Morgan fingerprint density at radius 3 is 2.42 bits per heavy atom. The van der Waals surface area contributed by atoms with Gasteiger partial charge in [0.2, 0.25) is 11.8 Å². The van der Waals surface area contributed by atoms with Gasteiger partial charge in [-0.25, -0.2) is 9.78 Å². The molecule has 11 heteroatoms. The lowest BCUT2D eigenvalue weighted by Crippen LogP contribution is -2.67.